The molecule has 3 rings (SSSR count). The molecule has 1 amide bonds. The number of carbonyl (C=O) groups is 1. The minimum absolute atomic E-state index is 0. The van der Waals surface area contributed by atoms with Crippen LogP contribution in [0.15, 0.2) is 30.3 Å². The van der Waals surface area contributed by atoms with E-state index in [-0.39, 0.29) is 36.8 Å². The van der Waals surface area contributed by atoms with Crippen LogP contribution >= 0.6 is 24.8 Å². The number of benzene rings is 1. The summed E-state index contributed by atoms with van der Waals surface area (Å²) in [6, 6.07) is 10.0. The number of rotatable bonds is 1. The van der Waals surface area contributed by atoms with E-state index in [0.29, 0.717) is 5.56 Å². The Morgan fingerprint density at radius 3 is 2.77 bits per heavy atom. The molecule has 22 heavy (non-hydrogen) atoms. The molecule has 1 aliphatic heterocycles. The average Bonchev–Trinajstić information content (AvgIpc) is 2.46. The molecule has 1 aromatic heterocycles. The molecule has 1 saturated heterocycles. The molecule has 0 bridgehead atoms. The van der Waals surface area contributed by atoms with E-state index in [1.165, 1.54) is 0 Å². The summed E-state index contributed by atoms with van der Waals surface area (Å²) in [4.78, 5) is 19.3. The first kappa shape index (κ1) is 18.7. The second-order valence-corrected chi connectivity index (χ2v) is 5.38. The molecule has 1 aromatic carbocycles. The minimum atomic E-state index is 0. The van der Waals surface area contributed by atoms with E-state index in [9.17, 15) is 4.79 Å². The van der Waals surface area contributed by atoms with E-state index in [1.807, 2.05) is 42.2 Å². The van der Waals surface area contributed by atoms with Crippen LogP contribution in [0, 0.1) is 6.92 Å². The van der Waals surface area contributed by atoms with Crippen molar-refractivity contribution in [2.75, 3.05) is 19.6 Å². The fraction of sp³-hybridized carbons (Fsp3) is 0.375. The molecule has 6 heteroatoms. The third-order valence-corrected chi connectivity index (χ3v) is 3.85. The number of halogens is 2. The molecular weight excluding hydrogens is 321 g/mol. The van der Waals surface area contributed by atoms with Gasteiger partial charge in [-0.25, -0.2) is 0 Å². The topological polar surface area (TPSA) is 45.2 Å². The van der Waals surface area contributed by atoms with Crippen molar-refractivity contribution in [3.05, 3.63) is 41.6 Å². The van der Waals surface area contributed by atoms with Crippen molar-refractivity contribution < 1.29 is 4.79 Å². The van der Waals surface area contributed by atoms with Gasteiger partial charge < -0.3 is 10.2 Å². The van der Waals surface area contributed by atoms with Crippen LogP contribution in [-0.4, -0.2) is 41.5 Å². The maximum atomic E-state index is 12.8. The van der Waals surface area contributed by atoms with Gasteiger partial charge in [0.25, 0.3) is 5.91 Å². The van der Waals surface area contributed by atoms with Crippen molar-refractivity contribution in [2.45, 2.75) is 19.9 Å². The standard InChI is InChI=1S/C16H19N3O.2ClH/c1-11-6-7-13-4-3-5-14(15(13)18-11)16(20)19-9-8-17-10-12(19)2;;/h3-7,12,17H,8-10H2,1-2H3;2*1H/t12-;;/m0../s1. The number of aryl methyl sites for hydroxylation is 1. The van der Waals surface area contributed by atoms with Gasteiger partial charge in [0.05, 0.1) is 11.1 Å². The van der Waals surface area contributed by atoms with Gasteiger partial charge in [-0.3, -0.25) is 9.78 Å². The van der Waals surface area contributed by atoms with Gasteiger partial charge in [-0.05, 0) is 26.0 Å². The zero-order valence-corrected chi connectivity index (χ0v) is 14.3. The van der Waals surface area contributed by atoms with Crippen LogP contribution in [0.5, 0.6) is 0 Å². The van der Waals surface area contributed by atoms with Crippen LogP contribution in [-0.2, 0) is 0 Å². The Labute approximate surface area is 143 Å². The smallest absolute Gasteiger partial charge is 0.256 e. The minimum Gasteiger partial charge on any atom is -0.333 e. The summed E-state index contributed by atoms with van der Waals surface area (Å²) in [5.41, 5.74) is 2.45. The predicted octanol–water partition coefficient (Wildman–Crippen LogP) is 2.82. The average molecular weight is 342 g/mol. The molecule has 2 heterocycles. The Kier molecular flexibility index (Phi) is 6.60. The lowest BCUT2D eigenvalue weighted by Gasteiger charge is -2.34. The SMILES string of the molecule is Cc1ccc2cccc(C(=O)N3CCNC[C@@H]3C)c2n1.Cl.Cl. The number of hydrogen-bond donors (Lipinski definition) is 1. The van der Waals surface area contributed by atoms with Gasteiger partial charge in [0, 0.05) is 36.8 Å². The molecule has 1 aliphatic rings. The summed E-state index contributed by atoms with van der Waals surface area (Å²) in [6.07, 6.45) is 0. The first-order valence-corrected chi connectivity index (χ1v) is 7.05. The summed E-state index contributed by atoms with van der Waals surface area (Å²) in [7, 11) is 0. The van der Waals surface area contributed by atoms with Crippen molar-refractivity contribution in [3.63, 3.8) is 0 Å². The van der Waals surface area contributed by atoms with E-state index in [4.69, 9.17) is 0 Å². The number of amides is 1. The summed E-state index contributed by atoms with van der Waals surface area (Å²) in [6.45, 7) is 6.49. The quantitative estimate of drug-likeness (QED) is 0.867. The van der Waals surface area contributed by atoms with Gasteiger partial charge in [0.15, 0.2) is 0 Å². The van der Waals surface area contributed by atoms with Gasteiger partial charge in [0.1, 0.15) is 0 Å². The number of nitrogens with zero attached hydrogens (tertiary/aromatic N) is 2. The van der Waals surface area contributed by atoms with Crippen molar-refractivity contribution >= 4 is 41.6 Å². The van der Waals surface area contributed by atoms with E-state index in [2.05, 4.69) is 17.2 Å². The van der Waals surface area contributed by atoms with E-state index in [1.54, 1.807) is 0 Å². The highest BCUT2D eigenvalue weighted by Crippen LogP contribution is 2.20. The van der Waals surface area contributed by atoms with Crippen molar-refractivity contribution in [2.24, 2.45) is 0 Å². The fourth-order valence-electron chi connectivity index (χ4n) is 2.71. The molecule has 0 spiro atoms. The molecule has 120 valence electrons. The van der Waals surface area contributed by atoms with Crippen molar-refractivity contribution in [1.82, 2.24) is 15.2 Å². The largest absolute Gasteiger partial charge is 0.333 e. The first-order valence-electron chi connectivity index (χ1n) is 7.05. The number of pyridine rings is 1. The number of fused-ring (bicyclic) bond motifs is 1. The third kappa shape index (κ3) is 3.51. The lowest BCUT2D eigenvalue weighted by atomic mass is 10.1. The van der Waals surface area contributed by atoms with Crippen LogP contribution in [0.2, 0.25) is 0 Å². The van der Waals surface area contributed by atoms with E-state index < -0.39 is 0 Å². The summed E-state index contributed by atoms with van der Waals surface area (Å²) in [5.74, 6) is 0.0858. The summed E-state index contributed by atoms with van der Waals surface area (Å²) >= 11 is 0. The molecule has 1 atom stereocenters. The maximum absolute atomic E-state index is 12.8. The zero-order chi connectivity index (χ0) is 14.1. The monoisotopic (exact) mass is 341 g/mol. The second-order valence-electron chi connectivity index (χ2n) is 5.38. The van der Waals surface area contributed by atoms with Gasteiger partial charge >= 0.3 is 0 Å². The van der Waals surface area contributed by atoms with Crippen LogP contribution in [0.3, 0.4) is 0 Å². The third-order valence-electron chi connectivity index (χ3n) is 3.85. The molecule has 2 aromatic rings. The number of aromatic nitrogens is 1. The highest BCUT2D eigenvalue weighted by atomic mass is 35.5. The number of para-hydroxylation sites is 1. The summed E-state index contributed by atoms with van der Waals surface area (Å²) in [5, 5.41) is 4.33. The predicted molar refractivity (Wildman–Crippen MR) is 94.3 cm³/mol. The van der Waals surface area contributed by atoms with Crippen molar-refractivity contribution in [3.8, 4) is 0 Å². The number of piperazine rings is 1. The number of carbonyl (C=O) groups excluding carboxylic acids is 1. The zero-order valence-electron chi connectivity index (χ0n) is 12.7. The molecule has 1 N–H and O–H groups in total. The van der Waals surface area contributed by atoms with E-state index in [0.717, 1.165) is 36.2 Å². The Morgan fingerprint density at radius 2 is 2.05 bits per heavy atom. The highest BCUT2D eigenvalue weighted by molar-refractivity contribution is 6.05. The molecule has 4 nitrogen and oxygen atoms in total. The Balaban J connectivity index is 0.00000121. The fourth-order valence-corrected chi connectivity index (χ4v) is 2.71. The molecule has 1 fully saturated rings. The Hall–Kier alpha value is -1.36. The Bertz CT molecular complexity index is 663. The molecule has 0 unspecified atom stereocenters. The number of hydrogen-bond acceptors (Lipinski definition) is 3. The molecule has 0 aliphatic carbocycles. The van der Waals surface area contributed by atoms with Crippen LogP contribution < -0.4 is 5.32 Å². The molecular formula is C16H21Cl2N3O. The normalized spacial score (nSPS) is 17.5. The Morgan fingerprint density at radius 1 is 1.27 bits per heavy atom. The highest BCUT2D eigenvalue weighted by Gasteiger charge is 2.25. The molecule has 0 saturated carbocycles. The molecule has 0 radical (unpaired) electrons. The number of nitrogens with one attached hydrogen (secondary N) is 1. The van der Waals surface area contributed by atoms with Crippen LogP contribution in [0.1, 0.15) is 23.0 Å². The van der Waals surface area contributed by atoms with Crippen LogP contribution in [0.4, 0.5) is 0 Å². The first-order chi connectivity index (χ1) is 9.66. The summed E-state index contributed by atoms with van der Waals surface area (Å²) < 4.78 is 0. The second kappa shape index (κ2) is 7.77. The lowest BCUT2D eigenvalue weighted by molar-refractivity contribution is 0.0657. The van der Waals surface area contributed by atoms with E-state index >= 15 is 0 Å². The lowest BCUT2D eigenvalue weighted by Crippen LogP contribution is -2.52. The maximum Gasteiger partial charge on any atom is 0.256 e. The van der Waals surface area contributed by atoms with Gasteiger partial charge in [-0.1, -0.05) is 18.2 Å². The van der Waals surface area contributed by atoms with Crippen LogP contribution in [0.25, 0.3) is 10.9 Å². The van der Waals surface area contributed by atoms with Gasteiger partial charge in [-0.2, -0.15) is 0 Å². The van der Waals surface area contributed by atoms with Gasteiger partial charge in [0.2, 0.25) is 0 Å². The van der Waals surface area contributed by atoms with Crippen molar-refractivity contribution in [1.29, 1.82) is 0 Å². The van der Waals surface area contributed by atoms with Gasteiger partial charge in [-0.15, -0.1) is 24.8 Å².